The topological polar surface area (TPSA) is 63.4 Å². The van der Waals surface area contributed by atoms with Gasteiger partial charge < -0.3 is 5.73 Å². The van der Waals surface area contributed by atoms with Crippen LogP contribution in [0.2, 0.25) is 0 Å². The zero-order chi connectivity index (χ0) is 33.8. The van der Waals surface area contributed by atoms with E-state index >= 15 is 0 Å². The number of hydrogen-bond acceptors (Lipinski definition) is 3. The summed E-state index contributed by atoms with van der Waals surface area (Å²) in [7, 11) is 0. The summed E-state index contributed by atoms with van der Waals surface area (Å²) < 4.78 is 0. The van der Waals surface area contributed by atoms with Crippen LogP contribution in [-0.4, -0.2) is 22.9 Å². The molecule has 0 aliphatic carbocycles. The molecule has 2 amide bonds. The Balaban J connectivity index is 4.03. The zero-order valence-electron chi connectivity index (χ0n) is 31.9. The van der Waals surface area contributed by atoms with E-state index in [1.807, 2.05) is 0 Å². The van der Waals surface area contributed by atoms with Gasteiger partial charge >= 0.3 is 0 Å². The van der Waals surface area contributed by atoms with E-state index in [-0.39, 0.29) is 11.8 Å². The molecule has 0 aromatic heterocycles. The Hall–Kier alpha value is -0.900. The number of rotatable bonds is 37. The smallest absolute Gasteiger partial charge is 0.230 e. The normalized spacial score (nSPS) is 12.1. The van der Waals surface area contributed by atoms with E-state index in [0.717, 1.165) is 51.4 Å². The fourth-order valence-corrected chi connectivity index (χ4v) is 6.78. The largest absolute Gasteiger partial charge is 0.311 e. The summed E-state index contributed by atoms with van der Waals surface area (Å²) in [4.78, 5) is 27.8. The fraction of sp³-hybridized carbons (Fsp3) is 0.952. The molecule has 0 bridgehead atoms. The summed E-state index contributed by atoms with van der Waals surface area (Å²) in [6.07, 6.45) is 43.7. The Bertz CT molecular complexity index is 591. The second kappa shape index (κ2) is 36.9. The van der Waals surface area contributed by atoms with Crippen LogP contribution in [0.5, 0.6) is 0 Å². The standard InChI is InChI=1S/C42H84N2O2/c1-4-7-10-12-14-16-18-20-22-24-26-28-30-32-35-38-41(45)44(40(43)37-34-9-6-3)42(46)39-36-33-31-29-27-25-23-21-19-17-15-13-11-8-5-2/h40H,4-39,43H2,1-3H3. The van der Waals surface area contributed by atoms with Crippen molar-refractivity contribution in [2.45, 2.75) is 258 Å². The van der Waals surface area contributed by atoms with Crippen molar-refractivity contribution < 1.29 is 9.59 Å². The monoisotopic (exact) mass is 649 g/mol. The first kappa shape index (κ1) is 45.1. The molecule has 0 aromatic rings. The molecule has 0 rings (SSSR count). The van der Waals surface area contributed by atoms with Crippen LogP contribution >= 0.6 is 0 Å². The SMILES string of the molecule is CCCCCCCCCCCCCCCCCC(=O)N(C(=O)CCCCCCCCCCCCCCCCC)C(N)CCCCC. The minimum Gasteiger partial charge on any atom is -0.311 e. The second-order valence-electron chi connectivity index (χ2n) is 14.6. The van der Waals surface area contributed by atoms with Crippen LogP contribution in [0, 0.1) is 0 Å². The third kappa shape index (κ3) is 30.4. The second-order valence-corrected chi connectivity index (χ2v) is 14.6. The Morgan fingerprint density at radius 2 is 0.587 bits per heavy atom. The summed E-state index contributed by atoms with van der Waals surface area (Å²) in [5.41, 5.74) is 6.46. The Morgan fingerprint density at radius 1 is 0.370 bits per heavy atom. The van der Waals surface area contributed by atoms with Crippen LogP contribution in [0.4, 0.5) is 0 Å². The predicted molar refractivity (Wildman–Crippen MR) is 203 cm³/mol. The molecule has 46 heavy (non-hydrogen) atoms. The van der Waals surface area contributed by atoms with E-state index in [1.165, 1.54) is 172 Å². The Labute approximate surface area is 289 Å². The van der Waals surface area contributed by atoms with E-state index < -0.39 is 6.17 Å². The number of amides is 2. The fourth-order valence-electron chi connectivity index (χ4n) is 6.78. The molecule has 4 heteroatoms. The van der Waals surface area contributed by atoms with Gasteiger partial charge in [0.2, 0.25) is 11.8 Å². The Morgan fingerprint density at radius 3 is 0.848 bits per heavy atom. The average molecular weight is 649 g/mol. The Kier molecular flexibility index (Phi) is 36.2. The number of nitrogens with two attached hydrogens (primary N) is 1. The maximum Gasteiger partial charge on any atom is 0.230 e. The van der Waals surface area contributed by atoms with Crippen LogP contribution in [0.1, 0.15) is 252 Å². The lowest BCUT2D eigenvalue weighted by atomic mass is 10.0. The summed E-state index contributed by atoms with van der Waals surface area (Å²) in [5.74, 6) is -0.0747. The van der Waals surface area contributed by atoms with Gasteiger partial charge in [-0.15, -0.1) is 0 Å². The molecule has 0 fully saturated rings. The van der Waals surface area contributed by atoms with Gasteiger partial charge in [-0.25, -0.2) is 0 Å². The van der Waals surface area contributed by atoms with Gasteiger partial charge in [0.25, 0.3) is 0 Å². The van der Waals surface area contributed by atoms with Gasteiger partial charge in [0.1, 0.15) is 0 Å². The van der Waals surface area contributed by atoms with Crippen LogP contribution in [-0.2, 0) is 9.59 Å². The molecular formula is C42H84N2O2. The minimum atomic E-state index is -0.459. The summed E-state index contributed by atoms with van der Waals surface area (Å²) >= 11 is 0. The summed E-state index contributed by atoms with van der Waals surface area (Å²) in [6.45, 7) is 6.74. The molecule has 2 N–H and O–H groups in total. The van der Waals surface area contributed by atoms with Crippen molar-refractivity contribution in [1.82, 2.24) is 4.90 Å². The average Bonchev–Trinajstić information content (AvgIpc) is 3.05. The number of carbonyl (C=O) groups excluding carboxylic acids is 2. The van der Waals surface area contributed by atoms with Crippen molar-refractivity contribution in [2.24, 2.45) is 5.73 Å². The summed E-state index contributed by atoms with van der Waals surface area (Å²) in [5, 5.41) is 0. The van der Waals surface area contributed by atoms with Crippen molar-refractivity contribution >= 4 is 11.8 Å². The molecule has 1 atom stereocenters. The highest BCUT2D eigenvalue weighted by Gasteiger charge is 2.26. The van der Waals surface area contributed by atoms with Gasteiger partial charge in [0.15, 0.2) is 0 Å². The van der Waals surface area contributed by atoms with Crippen LogP contribution in [0.15, 0.2) is 0 Å². The molecule has 0 saturated carbocycles. The van der Waals surface area contributed by atoms with Gasteiger partial charge in [-0.2, -0.15) is 0 Å². The van der Waals surface area contributed by atoms with Gasteiger partial charge in [0, 0.05) is 12.8 Å². The van der Waals surface area contributed by atoms with Crippen molar-refractivity contribution in [3.8, 4) is 0 Å². The molecule has 0 saturated heterocycles. The van der Waals surface area contributed by atoms with Crippen molar-refractivity contribution in [3.63, 3.8) is 0 Å². The molecular weight excluding hydrogens is 564 g/mol. The van der Waals surface area contributed by atoms with Crippen LogP contribution < -0.4 is 5.73 Å². The highest BCUT2D eigenvalue weighted by Crippen LogP contribution is 2.18. The third-order valence-electron chi connectivity index (χ3n) is 9.96. The molecule has 274 valence electrons. The van der Waals surface area contributed by atoms with Crippen molar-refractivity contribution in [3.05, 3.63) is 0 Å². The molecule has 0 aliphatic rings. The van der Waals surface area contributed by atoms with Crippen molar-refractivity contribution in [1.29, 1.82) is 0 Å². The number of imide groups is 1. The number of carbonyl (C=O) groups is 2. The van der Waals surface area contributed by atoms with E-state index in [1.54, 1.807) is 0 Å². The quantitative estimate of drug-likeness (QED) is 0.0538. The third-order valence-corrected chi connectivity index (χ3v) is 9.96. The van der Waals surface area contributed by atoms with E-state index in [0.29, 0.717) is 12.8 Å². The maximum atomic E-state index is 13.2. The van der Waals surface area contributed by atoms with Gasteiger partial charge in [-0.3, -0.25) is 14.5 Å². The van der Waals surface area contributed by atoms with Gasteiger partial charge in [-0.05, 0) is 19.3 Å². The number of hydrogen-bond donors (Lipinski definition) is 1. The van der Waals surface area contributed by atoms with Crippen LogP contribution in [0.25, 0.3) is 0 Å². The molecule has 0 spiro atoms. The molecule has 0 aromatic carbocycles. The van der Waals surface area contributed by atoms with E-state index in [2.05, 4.69) is 20.8 Å². The highest BCUT2D eigenvalue weighted by molar-refractivity contribution is 5.95. The first-order chi connectivity index (χ1) is 22.6. The van der Waals surface area contributed by atoms with E-state index in [4.69, 9.17) is 5.73 Å². The first-order valence-corrected chi connectivity index (χ1v) is 21.2. The lowest BCUT2D eigenvalue weighted by Crippen LogP contribution is -2.49. The first-order valence-electron chi connectivity index (χ1n) is 21.2. The molecule has 0 heterocycles. The number of nitrogens with zero attached hydrogens (tertiary/aromatic N) is 1. The minimum absolute atomic E-state index is 0.0374. The lowest BCUT2D eigenvalue weighted by molar-refractivity contribution is -0.148. The zero-order valence-corrected chi connectivity index (χ0v) is 31.9. The van der Waals surface area contributed by atoms with E-state index in [9.17, 15) is 9.59 Å². The highest BCUT2D eigenvalue weighted by atomic mass is 16.2. The van der Waals surface area contributed by atoms with Gasteiger partial charge in [0.05, 0.1) is 6.17 Å². The number of unbranched alkanes of at least 4 members (excludes halogenated alkanes) is 30. The molecule has 0 radical (unpaired) electrons. The lowest BCUT2D eigenvalue weighted by Gasteiger charge is -2.27. The predicted octanol–water partition coefficient (Wildman–Crippen LogP) is 13.7. The molecule has 1 unspecified atom stereocenters. The van der Waals surface area contributed by atoms with Gasteiger partial charge in [-0.1, -0.05) is 220 Å². The maximum absolute atomic E-state index is 13.2. The summed E-state index contributed by atoms with van der Waals surface area (Å²) in [6, 6.07) is 0. The molecule has 4 nitrogen and oxygen atoms in total. The molecule has 0 aliphatic heterocycles. The van der Waals surface area contributed by atoms with Crippen LogP contribution in [0.3, 0.4) is 0 Å². The van der Waals surface area contributed by atoms with Crippen molar-refractivity contribution in [2.75, 3.05) is 0 Å².